The van der Waals surface area contributed by atoms with Crippen LogP contribution in [0.1, 0.15) is 45.4 Å². The Balaban J connectivity index is 3.25. The number of Topliss-reactive ketones (excluding diaryl/α,β-unsaturated/α-hetero) is 1. The zero-order valence-corrected chi connectivity index (χ0v) is 8.59. The number of unbranched alkanes of at least 4 members (excludes halogenated alkanes) is 1. The van der Waals surface area contributed by atoms with Gasteiger partial charge < -0.3 is 5.73 Å². The molecule has 2 heteroatoms. The molecule has 0 aliphatic heterocycles. The highest BCUT2D eigenvalue weighted by molar-refractivity contribution is 5.78. The van der Waals surface area contributed by atoms with Crippen molar-refractivity contribution in [2.24, 2.45) is 5.73 Å². The molecule has 2 nitrogen and oxygen atoms in total. The highest BCUT2D eigenvalue weighted by Crippen LogP contribution is 2.04. The molecular weight excluding hydrogens is 162 g/mol. The first kappa shape index (κ1) is 12.4. The Bertz CT molecular complexity index is 152. The Morgan fingerprint density at radius 3 is 2.62 bits per heavy atom. The molecule has 0 aliphatic rings. The molecule has 0 saturated heterocycles. The van der Waals surface area contributed by atoms with Crippen molar-refractivity contribution < 1.29 is 4.79 Å². The van der Waals surface area contributed by atoms with Crippen molar-refractivity contribution in [3.63, 3.8) is 0 Å². The molecule has 76 valence electrons. The van der Waals surface area contributed by atoms with E-state index in [1.54, 1.807) is 0 Å². The first-order chi connectivity index (χ1) is 6.16. The minimum atomic E-state index is 0.223. The van der Waals surface area contributed by atoms with Crippen molar-refractivity contribution in [2.45, 2.75) is 51.5 Å². The second kappa shape index (κ2) is 7.99. The summed E-state index contributed by atoms with van der Waals surface area (Å²) in [4.78, 5) is 11.2. The molecule has 0 aliphatic carbocycles. The lowest BCUT2D eigenvalue weighted by Crippen LogP contribution is -2.14. The van der Waals surface area contributed by atoms with E-state index in [4.69, 9.17) is 5.73 Å². The summed E-state index contributed by atoms with van der Waals surface area (Å²) in [6.07, 6.45) is 7.02. The number of carbonyl (C=O) groups is 1. The summed E-state index contributed by atoms with van der Waals surface area (Å²) in [7, 11) is 0. The average molecular weight is 183 g/mol. The summed E-state index contributed by atoms with van der Waals surface area (Å²) >= 11 is 0. The summed E-state index contributed by atoms with van der Waals surface area (Å²) < 4.78 is 0. The summed E-state index contributed by atoms with van der Waals surface area (Å²) in [5.41, 5.74) is 5.58. The molecule has 0 saturated carbocycles. The van der Waals surface area contributed by atoms with Crippen molar-refractivity contribution in [3.05, 3.63) is 12.7 Å². The Kier molecular flexibility index (Phi) is 7.60. The summed E-state index contributed by atoms with van der Waals surface area (Å²) in [5, 5.41) is 0. The molecule has 1 atom stereocenters. The third-order valence-corrected chi connectivity index (χ3v) is 1.98. The molecule has 0 fully saturated rings. The van der Waals surface area contributed by atoms with E-state index in [9.17, 15) is 4.79 Å². The van der Waals surface area contributed by atoms with Crippen molar-refractivity contribution in [3.8, 4) is 0 Å². The molecule has 13 heavy (non-hydrogen) atoms. The molecule has 0 heterocycles. The fraction of sp³-hybridized carbons (Fsp3) is 0.727. The van der Waals surface area contributed by atoms with E-state index in [0.717, 1.165) is 25.7 Å². The number of carbonyl (C=O) groups excluding carboxylic acids is 1. The third-order valence-electron chi connectivity index (χ3n) is 1.98. The normalized spacial score (nSPS) is 12.5. The predicted molar refractivity (Wildman–Crippen MR) is 56.6 cm³/mol. The molecule has 0 aromatic rings. The van der Waals surface area contributed by atoms with Crippen LogP contribution in [0.3, 0.4) is 0 Å². The van der Waals surface area contributed by atoms with Gasteiger partial charge in [0.2, 0.25) is 0 Å². The molecule has 2 N–H and O–H groups in total. The number of rotatable bonds is 8. The van der Waals surface area contributed by atoms with E-state index < -0.39 is 0 Å². The number of ketones is 1. The summed E-state index contributed by atoms with van der Waals surface area (Å²) in [6, 6.07) is 0.223. The molecule has 0 rings (SSSR count). The molecule has 0 amide bonds. The van der Waals surface area contributed by atoms with Crippen LogP contribution >= 0.6 is 0 Å². The SMILES string of the molecule is C=CCCCC(=O)CCCC(C)N. The van der Waals surface area contributed by atoms with E-state index in [1.807, 2.05) is 13.0 Å². The van der Waals surface area contributed by atoms with Crippen LogP contribution < -0.4 is 5.73 Å². The number of hydrogen-bond donors (Lipinski definition) is 1. The van der Waals surface area contributed by atoms with Crippen LogP contribution in [0.5, 0.6) is 0 Å². The second-order valence-electron chi connectivity index (χ2n) is 3.59. The fourth-order valence-corrected chi connectivity index (χ4v) is 1.19. The average Bonchev–Trinajstić information content (AvgIpc) is 2.04. The van der Waals surface area contributed by atoms with Gasteiger partial charge in [0.05, 0.1) is 0 Å². The van der Waals surface area contributed by atoms with Gasteiger partial charge in [-0.25, -0.2) is 0 Å². The van der Waals surface area contributed by atoms with E-state index in [2.05, 4.69) is 6.58 Å². The van der Waals surface area contributed by atoms with Crippen LogP contribution in [0.2, 0.25) is 0 Å². The largest absolute Gasteiger partial charge is 0.328 e. The van der Waals surface area contributed by atoms with Crippen LogP contribution in [0, 0.1) is 0 Å². The molecule has 0 bridgehead atoms. The topological polar surface area (TPSA) is 43.1 Å². The minimum absolute atomic E-state index is 0.223. The van der Waals surface area contributed by atoms with Crippen molar-refractivity contribution in [1.82, 2.24) is 0 Å². The second-order valence-corrected chi connectivity index (χ2v) is 3.59. The van der Waals surface area contributed by atoms with Gasteiger partial charge in [-0.05, 0) is 32.6 Å². The Labute approximate surface area is 81.2 Å². The predicted octanol–water partition coefficient (Wildman–Crippen LogP) is 2.43. The Hall–Kier alpha value is -0.630. The summed E-state index contributed by atoms with van der Waals surface area (Å²) in [6.45, 7) is 5.59. The first-order valence-electron chi connectivity index (χ1n) is 5.05. The molecule has 1 unspecified atom stereocenters. The van der Waals surface area contributed by atoms with Gasteiger partial charge in [0.1, 0.15) is 5.78 Å². The lowest BCUT2D eigenvalue weighted by Gasteiger charge is -2.03. The van der Waals surface area contributed by atoms with E-state index in [0.29, 0.717) is 18.6 Å². The molecule has 0 aromatic heterocycles. The van der Waals surface area contributed by atoms with Crippen LogP contribution in [0.25, 0.3) is 0 Å². The van der Waals surface area contributed by atoms with Crippen molar-refractivity contribution in [2.75, 3.05) is 0 Å². The van der Waals surface area contributed by atoms with Gasteiger partial charge in [0, 0.05) is 18.9 Å². The Morgan fingerprint density at radius 1 is 1.46 bits per heavy atom. The standard InChI is InChI=1S/C11H21NO/c1-3-4-5-8-11(13)9-6-7-10(2)12/h3,10H,1,4-9,12H2,2H3. The highest BCUT2D eigenvalue weighted by Gasteiger charge is 2.01. The zero-order valence-electron chi connectivity index (χ0n) is 8.59. The van der Waals surface area contributed by atoms with Gasteiger partial charge in [0.25, 0.3) is 0 Å². The lowest BCUT2D eigenvalue weighted by atomic mass is 10.1. The quantitative estimate of drug-likeness (QED) is 0.464. The summed E-state index contributed by atoms with van der Waals surface area (Å²) in [5.74, 6) is 0.363. The molecular formula is C11H21NO. The van der Waals surface area contributed by atoms with Crippen LogP contribution in [0.4, 0.5) is 0 Å². The number of hydrogen-bond acceptors (Lipinski definition) is 2. The lowest BCUT2D eigenvalue weighted by molar-refractivity contribution is -0.119. The smallest absolute Gasteiger partial charge is 0.132 e. The Morgan fingerprint density at radius 2 is 2.08 bits per heavy atom. The maximum absolute atomic E-state index is 11.2. The van der Waals surface area contributed by atoms with Gasteiger partial charge in [0.15, 0.2) is 0 Å². The van der Waals surface area contributed by atoms with E-state index in [1.165, 1.54) is 0 Å². The maximum Gasteiger partial charge on any atom is 0.132 e. The van der Waals surface area contributed by atoms with Gasteiger partial charge in [-0.15, -0.1) is 6.58 Å². The van der Waals surface area contributed by atoms with Crippen LogP contribution in [0.15, 0.2) is 12.7 Å². The van der Waals surface area contributed by atoms with Gasteiger partial charge >= 0.3 is 0 Å². The molecule has 0 aromatic carbocycles. The minimum Gasteiger partial charge on any atom is -0.328 e. The highest BCUT2D eigenvalue weighted by atomic mass is 16.1. The zero-order chi connectivity index (χ0) is 10.1. The third kappa shape index (κ3) is 9.28. The van der Waals surface area contributed by atoms with Gasteiger partial charge in [-0.1, -0.05) is 6.08 Å². The van der Waals surface area contributed by atoms with Gasteiger partial charge in [-0.2, -0.15) is 0 Å². The van der Waals surface area contributed by atoms with Crippen LogP contribution in [-0.4, -0.2) is 11.8 Å². The molecule has 0 spiro atoms. The monoisotopic (exact) mass is 183 g/mol. The van der Waals surface area contributed by atoms with E-state index in [-0.39, 0.29) is 6.04 Å². The van der Waals surface area contributed by atoms with Crippen molar-refractivity contribution in [1.29, 1.82) is 0 Å². The first-order valence-corrected chi connectivity index (χ1v) is 5.05. The fourth-order valence-electron chi connectivity index (χ4n) is 1.19. The number of allylic oxidation sites excluding steroid dienone is 1. The van der Waals surface area contributed by atoms with Crippen molar-refractivity contribution >= 4 is 5.78 Å². The van der Waals surface area contributed by atoms with Gasteiger partial charge in [-0.3, -0.25) is 4.79 Å². The van der Waals surface area contributed by atoms with E-state index >= 15 is 0 Å². The molecule has 0 radical (unpaired) electrons. The maximum atomic E-state index is 11.2. The number of nitrogens with two attached hydrogens (primary N) is 1. The van der Waals surface area contributed by atoms with Crippen LogP contribution in [-0.2, 0) is 4.79 Å².